The van der Waals surface area contributed by atoms with Gasteiger partial charge in [-0.2, -0.15) is 0 Å². The summed E-state index contributed by atoms with van der Waals surface area (Å²) in [5.74, 6) is 3.29. The van der Waals surface area contributed by atoms with Gasteiger partial charge in [-0.05, 0) is 120 Å². The molecule has 0 fully saturated rings. The van der Waals surface area contributed by atoms with E-state index >= 15 is 0 Å². The van der Waals surface area contributed by atoms with Crippen LogP contribution in [0.1, 0.15) is 0 Å². The van der Waals surface area contributed by atoms with Crippen LogP contribution in [0.25, 0.3) is 65.7 Å². The van der Waals surface area contributed by atoms with Crippen molar-refractivity contribution in [1.29, 1.82) is 0 Å². The third-order valence-corrected chi connectivity index (χ3v) is 8.45. The van der Waals surface area contributed by atoms with Crippen LogP contribution in [-0.4, -0.2) is 28.4 Å². The number of rotatable bonds is 7. The van der Waals surface area contributed by atoms with Gasteiger partial charge >= 0.3 is 0 Å². The quantitative estimate of drug-likeness (QED) is 0.177. The van der Waals surface area contributed by atoms with Gasteiger partial charge in [0.05, 0.1) is 28.4 Å². The molecule has 4 heteroatoms. The first-order valence-corrected chi connectivity index (χ1v) is 14.6. The van der Waals surface area contributed by atoms with Crippen LogP contribution in [0.4, 0.5) is 0 Å². The fourth-order valence-corrected chi connectivity index (χ4v) is 6.28. The average Bonchev–Trinajstić information content (AvgIpc) is 3.10. The monoisotopic (exact) mass is 576 g/mol. The topological polar surface area (TPSA) is 36.9 Å². The summed E-state index contributed by atoms with van der Waals surface area (Å²) in [4.78, 5) is 0. The average molecular weight is 577 g/mol. The SMILES string of the molecule is COc1cccc(-c2ccc3c4cc(OC)ccc4c4c(-c5cccc(OC)c5)ccc(-c5cccc(OC)c5)c4c3c2)c1. The number of ether oxygens (including phenoxy) is 4. The van der Waals surface area contributed by atoms with E-state index in [1.165, 1.54) is 10.8 Å². The molecule has 0 radical (unpaired) electrons. The molecule has 0 heterocycles. The lowest BCUT2D eigenvalue weighted by Crippen LogP contribution is -1.93. The molecule has 7 rings (SSSR count). The predicted octanol–water partition coefficient (Wildman–Crippen LogP) is 10.2. The minimum absolute atomic E-state index is 0.819. The van der Waals surface area contributed by atoms with Crippen molar-refractivity contribution in [3.8, 4) is 56.4 Å². The van der Waals surface area contributed by atoms with Gasteiger partial charge in [0.2, 0.25) is 0 Å². The van der Waals surface area contributed by atoms with E-state index in [9.17, 15) is 0 Å². The Labute approximate surface area is 257 Å². The van der Waals surface area contributed by atoms with Gasteiger partial charge in [-0.25, -0.2) is 0 Å². The molecule has 0 spiro atoms. The third-order valence-electron chi connectivity index (χ3n) is 8.45. The van der Waals surface area contributed by atoms with Crippen LogP contribution in [0, 0.1) is 0 Å². The molecule has 4 nitrogen and oxygen atoms in total. The van der Waals surface area contributed by atoms with Crippen LogP contribution in [0.2, 0.25) is 0 Å². The van der Waals surface area contributed by atoms with E-state index < -0.39 is 0 Å². The molecule has 0 aliphatic carbocycles. The van der Waals surface area contributed by atoms with E-state index in [2.05, 4.69) is 78.9 Å². The van der Waals surface area contributed by atoms with E-state index in [-0.39, 0.29) is 0 Å². The summed E-state index contributed by atoms with van der Waals surface area (Å²) in [7, 11) is 6.83. The lowest BCUT2D eigenvalue weighted by molar-refractivity contribution is 0.415. The molecular formula is C40H32O4. The second-order valence-corrected chi connectivity index (χ2v) is 10.8. The lowest BCUT2D eigenvalue weighted by Gasteiger charge is -2.19. The van der Waals surface area contributed by atoms with E-state index in [1.807, 2.05) is 42.5 Å². The van der Waals surface area contributed by atoms with Gasteiger partial charge in [0.25, 0.3) is 0 Å². The molecule has 0 aromatic heterocycles. The molecular weight excluding hydrogens is 544 g/mol. The minimum atomic E-state index is 0.819. The van der Waals surface area contributed by atoms with Crippen molar-refractivity contribution in [2.24, 2.45) is 0 Å². The summed E-state index contributed by atoms with van der Waals surface area (Å²) in [5.41, 5.74) is 6.66. The number of fused-ring (bicyclic) bond motifs is 6. The van der Waals surface area contributed by atoms with Crippen molar-refractivity contribution in [2.45, 2.75) is 0 Å². The summed E-state index contributed by atoms with van der Waals surface area (Å²) in [5, 5.41) is 6.96. The number of hydrogen-bond donors (Lipinski definition) is 0. The fraction of sp³-hybridized carbons (Fsp3) is 0.100. The normalized spacial score (nSPS) is 11.2. The lowest BCUT2D eigenvalue weighted by atomic mass is 9.84. The first-order valence-electron chi connectivity index (χ1n) is 14.6. The van der Waals surface area contributed by atoms with Crippen LogP contribution in [0.15, 0.2) is 121 Å². The molecule has 0 aliphatic rings. The molecule has 0 aliphatic heterocycles. The van der Waals surface area contributed by atoms with Crippen molar-refractivity contribution in [3.05, 3.63) is 121 Å². The van der Waals surface area contributed by atoms with Crippen molar-refractivity contribution >= 4 is 32.3 Å². The second kappa shape index (κ2) is 11.3. The zero-order valence-corrected chi connectivity index (χ0v) is 25.2. The van der Waals surface area contributed by atoms with Crippen LogP contribution < -0.4 is 18.9 Å². The Hall–Kier alpha value is -5.48. The summed E-state index contributed by atoms with van der Waals surface area (Å²) >= 11 is 0. The van der Waals surface area contributed by atoms with Gasteiger partial charge in [0.1, 0.15) is 23.0 Å². The minimum Gasteiger partial charge on any atom is -0.497 e. The van der Waals surface area contributed by atoms with Crippen LogP contribution >= 0.6 is 0 Å². The Kier molecular flexibility index (Phi) is 7.03. The predicted molar refractivity (Wildman–Crippen MR) is 181 cm³/mol. The maximum atomic E-state index is 5.72. The van der Waals surface area contributed by atoms with Crippen LogP contribution in [0.5, 0.6) is 23.0 Å². The second-order valence-electron chi connectivity index (χ2n) is 10.8. The van der Waals surface area contributed by atoms with E-state index in [1.54, 1.807) is 28.4 Å². The molecule has 0 unspecified atom stereocenters. The van der Waals surface area contributed by atoms with Crippen molar-refractivity contribution in [1.82, 2.24) is 0 Å². The molecule has 7 aromatic rings. The van der Waals surface area contributed by atoms with Gasteiger partial charge in [-0.15, -0.1) is 0 Å². The largest absolute Gasteiger partial charge is 0.497 e. The highest BCUT2D eigenvalue weighted by atomic mass is 16.5. The first kappa shape index (κ1) is 27.4. The Morgan fingerprint density at radius 1 is 0.318 bits per heavy atom. The van der Waals surface area contributed by atoms with Gasteiger partial charge in [0, 0.05) is 0 Å². The van der Waals surface area contributed by atoms with E-state index in [0.717, 1.165) is 77.9 Å². The number of methoxy groups -OCH3 is 4. The standard InChI is InChI=1S/C40H32O4/c1-41-29-11-5-8-25(20-29)26-14-16-35-37-24-32(44-4)15-17-36(37)39-33(27-9-6-12-30(21-27)42-2)18-19-34(40(39)38(35)23-26)28-10-7-13-31(22-28)43-3/h5-24H,1-4H3. The van der Waals surface area contributed by atoms with Gasteiger partial charge in [0.15, 0.2) is 0 Å². The Morgan fingerprint density at radius 2 is 0.773 bits per heavy atom. The smallest absolute Gasteiger partial charge is 0.119 e. The summed E-state index contributed by atoms with van der Waals surface area (Å²) in [6.45, 7) is 0. The maximum absolute atomic E-state index is 5.72. The van der Waals surface area contributed by atoms with Crippen LogP contribution in [0.3, 0.4) is 0 Å². The van der Waals surface area contributed by atoms with Gasteiger partial charge in [-0.3, -0.25) is 0 Å². The van der Waals surface area contributed by atoms with Gasteiger partial charge in [-0.1, -0.05) is 66.7 Å². The molecule has 0 atom stereocenters. The molecule has 0 N–H and O–H groups in total. The molecule has 0 bridgehead atoms. The molecule has 0 saturated carbocycles. The number of hydrogen-bond acceptors (Lipinski definition) is 4. The summed E-state index contributed by atoms with van der Waals surface area (Å²) in [6.07, 6.45) is 0. The molecule has 0 amide bonds. The van der Waals surface area contributed by atoms with Crippen molar-refractivity contribution in [2.75, 3.05) is 28.4 Å². The first-order chi connectivity index (χ1) is 21.6. The Bertz CT molecular complexity index is 2180. The van der Waals surface area contributed by atoms with Crippen LogP contribution in [-0.2, 0) is 0 Å². The highest BCUT2D eigenvalue weighted by molar-refractivity contribution is 6.32. The maximum Gasteiger partial charge on any atom is 0.119 e. The van der Waals surface area contributed by atoms with E-state index in [0.29, 0.717) is 0 Å². The highest BCUT2D eigenvalue weighted by Crippen LogP contribution is 2.47. The van der Waals surface area contributed by atoms with Gasteiger partial charge < -0.3 is 18.9 Å². The molecule has 7 aromatic carbocycles. The van der Waals surface area contributed by atoms with Crippen molar-refractivity contribution < 1.29 is 18.9 Å². The van der Waals surface area contributed by atoms with Crippen molar-refractivity contribution in [3.63, 3.8) is 0 Å². The zero-order valence-electron chi connectivity index (χ0n) is 25.2. The Morgan fingerprint density at radius 3 is 1.34 bits per heavy atom. The molecule has 216 valence electrons. The fourth-order valence-electron chi connectivity index (χ4n) is 6.28. The third kappa shape index (κ3) is 4.65. The number of benzene rings is 7. The molecule has 44 heavy (non-hydrogen) atoms. The highest BCUT2D eigenvalue weighted by Gasteiger charge is 2.19. The summed E-state index contributed by atoms with van der Waals surface area (Å²) < 4.78 is 22.6. The Balaban J connectivity index is 1.68. The summed E-state index contributed by atoms with van der Waals surface area (Å²) in [6, 6.07) is 42.4. The molecule has 0 saturated heterocycles. The zero-order chi connectivity index (χ0) is 30.2. The van der Waals surface area contributed by atoms with E-state index in [4.69, 9.17) is 18.9 Å².